The third kappa shape index (κ3) is 4.88. The molecule has 0 bridgehead atoms. The molecule has 1 aromatic carbocycles. The van der Waals surface area contributed by atoms with E-state index in [1.54, 1.807) is 0 Å². The fourth-order valence-corrected chi connectivity index (χ4v) is 1.93. The maximum atomic E-state index is 5.58. The van der Waals surface area contributed by atoms with Crippen LogP contribution in [0.4, 0.5) is 0 Å². The van der Waals surface area contributed by atoms with Crippen LogP contribution in [0.25, 0.3) is 0 Å². The molecule has 0 saturated heterocycles. The molecule has 0 radical (unpaired) electrons. The first-order chi connectivity index (χ1) is 8.17. The largest absolute Gasteiger partial charge is 0.330 e. The van der Waals surface area contributed by atoms with Gasteiger partial charge in [0.2, 0.25) is 0 Å². The van der Waals surface area contributed by atoms with Gasteiger partial charge in [0.1, 0.15) is 0 Å². The van der Waals surface area contributed by atoms with Crippen molar-refractivity contribution in [2.75, 3.05) is 20.1 Å². The molecule has 0 aromatic heterocycles. The molecule has 0 aliphatic heterocycles. The molecule has 0 fully saturated rings. The van der Waals surface area contributed by atoms with Gasteiger partial charge in [0.05, 0.1) is 0 Å². The minimum absolute atomic E-state index is 0.579. The normalized spacial score (nSPS) is 13.0. The maximum absolute atomic E-state index is 5.58. The fraction of sp³-hybridized carbons (Fsp3) is 0.600. The van der Waals surface area contributed by atoms with Gasteiger partial charge in [-0.3, -0.25) is 0 Å². The molecule has 0 aliphatic carbocycles. The summed E-state index contributed by atoms with van der Waals surface area (Å²) in [6.07, 6.45) is 3.31. The zero-order valence-electron chi connectivity index (χ0n) is 11.4. The Morgan fingerprint density at radius 3 is 2.29 bits per heavy atom. The van der Waals surface area contributed by atoms with Gasteiger partial charge in [-0.1, -0.05) is 31.2 Å². The molecule has 0 saturated carbocycles. The monoisotopic (exact) mass is 234 g/mol. The number of aryl methyl sites for hydroxylation is 1. The number of rotatable bonds is 7. The Balaban J connectivity index is 2.38. The molecule has 0 spiro atoms. The van der Waals surface area contributed by atoms with E-state index in [0.29, 0.717) is 6.04 Å². The van der Waals surface area contributed by atoms with Crippen molar-refractivity contribution in [2.45, 2.75) is 39.2 Å². The summed E-state index contributed by atoms with van der Waals surface area (Å²) >= 11 is 0. The number of nitrogens with zero attached hydrogens (tertiary/aromatic N) is 1. The predicted molar refractivity (Wildman–Crippen MR) is 75.3 cm³/mol. The van der Waals surface area contributed by atoms with E-state index in [2.05, 4.69) is 50.1 Å². The van der Waals surface area contributed by atoms with Crippen molar-refractivity contribution in [2.24, 2.45) is 5.73 Å². The number of nitrogens with two attached hydrogens (primary N) is 1. The number of likely N-dealkylation sites (N-methyl/N-ethyl adjacent to an activating group) is 1. The molecule has 2 N–H and O–H groups in total. The molecule has 2 nitrogen and oxygen atoms in total. The standard InChI is InChI=1S/C15H26N2/c1-4-14-5-7-15(8-6-14)10-12-17(3)13(2)9-11-16/h5-8,13H,4,9-12,16H2,1-3H3. The molecular weight excluding hydrogens is 208 g/mol. The van der Waals surface area contributed by atoms with Crippen molar-refractivity contribution >= 4 is 0 Å². The first kappa shape index (κ1) is 14.2. The minimum Gasteiger partial charge on any atom is -0.330 e. The van der Waals surface area contributed by atoms with Crippen LogP contribution in [-0.2, 0) is 12.8 Å². The van der Waals surface area contributed by atoms with Crippen LogP contribution in [0.5, 0.6) is 0 Å². The molecule has 2 heteroatoms. The lowest BCUT2D eigenvalue weighted by atomic mass is 10.1. The number of hydrogen-bond acceptors (Lipinski definition) is 2. The van der Waals surface area contributed by atoms with E-state index >= 15 is 0 Å². The van der Waals surface area contributed by atoms with Crippen molar-refractivity contribution in [3.05, 3.63) is 35.4 Å². The molecule has 1 atom stereocenters. The van der Waals surface area contributed by atoms with Gasteiger partial charge in [0.15, 0.2) is 0 Å². The summed E-state index contributed by atoms with van der Waals surface area (Å²) in [4.78, 5) is 2.39. The van der Waals surface area contributed by atoms with Gasteiger partial charge in [-0.05, 0) is 50.9 Å². The van der Waals surface area contributed by atoms with E-state index in [0.717, 1.165) is 32.4 Å². The molecule has 17 heavy (non-hydrogen) atoms. The average Bonchev–Trinajstić information content (AvgIpc) is 2.36. The summed E-state index contributed by atoms with van der Waals surface area (Å²) in [5.74, 6) is 0. The lowest BCUT2D eigenvalue weighted by Gasteiger charge is -2.24. The Labute approximate surface area is 106 Å². The highest BCUT2D eigenvalue weighted by atomic mass is 15.1. The summed E-state index contributed by atoms with van der Waals surface area (Å²) < 4.78 is 0. The quantitative estimate of drug-likeness (QED) is 0.785. The summed E-state index contributed by atoms with van der Waals surface area (Å²) in [6.45, 7) is 6.31. The van der Waals surface area contributed by atoms with Crippen LogP contribution >= 0.6 is 0 Å². The summed E-state index contributed by atoms with van der Waals surface area (Å²) in [5.41, 5.74) is 8.42. The third-order valence-electron chi connectivity index (χ3n) is 3.52. The van der Waals surface area contributed by atoms with Gasteiger partial charge < -0.3 is 10.6 Å². The van der Waals surface area contributed by atoms with Gasteiger partial charge in [-0.2, -0.15) is 0 Å². The fourth-order valence-electron chi connectivity index (χ4n) is 1.93. The Bertz CT molecular complexity index is 305. The Kier molecular flexibility index (Phi) is 6.23. The number of benzene rings is 1. The minimum atomic E-state index is 0.579. The smallest absolute Gasteiger partial charge is 0.00760 e. The maximum Gasteiger partial charge on any atom is 0.00760 e. The molecular formula is C15H26N2. The van der Waals surface area contributed by atoms with E-state index < -0.39 is 0 Å². The van der Waals surface area contributed by atoms with Crippen molar-refractivity contribution in [1.82, 2.24) is 4.90 Å². The van der Waals surface area contributed by atoms with Crippen LogP contribution in [0.1, 0.15) is 31.4 Å². The van der Waals surface area contributed by atoms with E-state index in [4.69, 9.17) is 5.73 Å². The van der Waals surface area contributed by atoms with Gasteiger partial charge in [0.25, 0.3) is 0 Å². The van der Waals surface area contributed by atoms with E-state index in [1.165, 1.54) is 11.1 Å². The average molecular weight is 234 g/mol. The molecule has 1 rings (SSSR count). The zero-order valence-corrected chi connectivity index (χ0v) is 11.4. The van der Waals surface area contributed by atoms with Crippen LogP contribution in [0.2, 0.25) is 0 Å². The van der Waals surface area contributed by atoms with Gasteiger partial charge >= 0.3 is 0 Å². The van der Waals surface area contributed by atoms with E-state index in [1.807, 2.05) is 0 Å². The SMILES string of the molecule is CCc1ccc(CCN(C)C(C)CCN)cc1. The van der Waals surface area contributed by atoms with Crippen molar-refractivity contribution in [1.29, 1.82) is 0 Å². The summed E-state index contributed by atoms with van der Waals surface area (Å²) in [6, 6.07) is 9.55. The van der Waals surface area contributed by atoms with Crippen molar-refractivity contribution < 1.29 is 0 Å². The molecule has 1 unspecified atom stereocenters. The van der Waals surface area contributed by atoms with Crippen molar-refractivity contribution in [3.8, 4) is 0 Å². The topological polar surface area (TPSA) is 29.3 Å². The lowest BCUT2D eigenvalue weighted by molar-refractivity contribution is 0.251. The molecule has 0 heterocycles. The van der Waals surface area contributed by atoms with Crippen LogP contribution in [0.3, 0.4) is 0 Å². The summed E-state index contributed by atoms with van der Waals surface area (Å²) in [7, 11) is 2.18. The highest BCUT2D eigenvalue weighted by molar-refractivity contribution is 5.22. The molecule has 0 amide bonds. The van der Waals surface area contributed by atoms with Gasteiger partial charge in [-0.25, -0.2) is 0 Å². The molecule has 96 valence electrons. The Morgan fingerprint density at radius 1 is 1.18 bits per heavy atom. The molecule has 1 aromatic rings. The van der Waals surface area contributed by atoms with Gasteiger partial charge in [-0.15, -0.1) is 0 Å². The third-order valence-corrected chi connectivity index (χ3v) is 3.52. The predicted octanol–water partition coefficient (Wildman–Crippen LogP) is 2.46. The van der Waals surface area contributed by atoms with Crippen LogP contribution in [-0.4, -0.2) is 31.1 Å². The molecule has 0 aliphatic rings. The first-order valence-corrected chi connectivity index (χ1v) is 6.65. The second kappa shape index (κ2) is 7.46. The lowest BCUT2D eigenvalue weighted by Crippen LogP contribution is -2.32. The Hall–Kier alpha value is -0.860. The second-order valence-corrected chi connectivity index (χ2v) is 4.83. The Morgan fingerprint density at radius 2 is 1.76 bits per heavy atom. The highest BCUT2D eigenvalue weighted by Gasteiger charge is 2.07. The highest BCUT2D eigenvalue weighted by Crippen LogP contribution is 2.07. The zero-order chi connectivity index (χ0) is 12.7. The van der Waals surface area contributed by atoms with Crippen LogP contribution in [0, 0.1) is 0 Å². The van der Waals surface area contributed by atoms with E-state index in [-0.39, 0.29) is 0 Å². The van der Waals surface area contributed by atoms with Crippen molar-refractivity contribution in [3.63, 3.8) is 0 Å². The summed E-state index contributed by atoms with van der Waals surface area (Å²) in [5, 5.41) is 0. The number of hydrogen-bond donors (Lipinski definition) is 1. The first-order valence-electron chi connectivity index (χ1n) is 6.65. The van der Waals surface area contributed by atoms with Gasteiger partial charge in [0, 0.05) is 12.6 Å². The second-order valence-electron chi connectivity index (χ2n) is 4.83. The van der Waals surface area contributed by atoms with Crippen LogP contribution in [0.15, 0.2) is 24.3 Å². The van der Waals surface area contributed by atoms with E-state index in [9.17, 15) is 0 Å². The van der Waals surface area contributed by atoms with Crippen LogP contribution < -0.4 is 5.73 Å².